The number of benzene rings is 1. The number of rotatable bonds is 6. The number of aliphatic imine (C=N–C) groups is 1. The fourth-order valence-electron chi connectivity index (χ4n) is 4.52. The summed E-state index contributed by atoms with van der Waals surface area (Å²) in [6.45, 7) is 9.83. The second-order valence-electron chi connectivity index (χ2n) is 8.52. The smallest absolute Gasteiger partial charge is 0.191 e. The third-order valence-electron chi connectivity index (χ3n) is 6.50. The fourth-order valence-corrected chi connectivity index (χ4v) is 5.30. The summed E-state index contributed by atoms with van der Waals surface area (Å²) in [4.78, 5) is 12.0. The van der Waals surface area contributed by atoms with Crippen LogP contribution in [-0.4, -0.2) is 75.8 Å². The van der Waals surface area contributed by atoms with Gasteiger partial charge in [0.05, 0.1) is 5.00 Å². The molecule has 0 spiro atoms. The molecule has 2 aliphatic rings. The van der Waals surface area contributed by atoms with Crippen molar-refractivity contribution in [2.75, 3.05) is 62.7 Å². The Balaban J connectivity index is 0.00000289. The number of nitrogens with zero attached hydrogens (tertiary/aromatic N) is 4. The van der Waals surface area contributed by atoms with Crippen LogP contribution in [0.3, 0.4) is 0 Å². The van der Waals surface area contributed by atoms with Crippen molar-refractivity contribution >= 4 is 52.0 Å². The summed E-state index contributed by atoms with van der Waals surface area (Å²) in [5.74, 6) is 0.935. The molecule has 4 rings (SSSR count). The number of thiophene rings is 1. The molecule has 6 nitrogen and oxygen atoms in total. The highest BCUT2D eigenvalue weighted by atomic mass is 127. The molecule has 2 saturated heterocycles. The van der Waals surface area contributed by atoms with Gasteiger partial charge in [0.2, 0.25) is 0 Å². The quantitative estimate of drug-likeness (QED) is 0.316. The lowest BCUT2D eigenvalue weighted by Crippen LogP contribution is -2.54. The summed E-state index contributed by atoms with van der Waals surface area (Å²) in [7, 11) is 1.87. The molecule has 1 atom stereocenters. The van der Waals surface area contributed by atoms with E-state index in [1.807, 2.05) is 18.4 Å². The van der Waals surface area contributed by atoms with E-state index in [0.717, 1.165) is 64.6 Å². The predicted octanol–water partition coefficient (Wildman–Crippen LogP) is 3.71. The summed E-state index contributed by atoms with van der Waals surface area (Å²) in [6.07, 6.45) is 2.30. The van der Waals surface area contributed by atoms with Crippen LogP contribution in [0.15, 0.2) is 52.8 Å². The van der Waals surface area contributed by atoms with Crippen LogP contribution in [0.5, 0.6) is 0 Å². The van der Waals surface area contributed by atoms with Crippen LogP contribution in [-0.2, 0) is 0 Å². The first-order chi connectivity index (χ1) is 15.2. The van der Waals surface area contributed by atoms with Gasteiger partial charge in [-0.25, -0.2) is 0 Å². The highest BCUT2D eigenvalue weighted by molar-refractivity contribution is 14.0. The highest BCUT2D eigenvalue weighted by Crippen LogP contribution is 2.24. The van der Waals surface area contributed by atoms with Gasteiger partial charge in [-0.3, -0.25) is 9.89 Å². The second-order valence-corrected chi connectivity index (χ2v) is 9.44. The first kappa shape index (κ1) is 25.1. The van der Waals surface area contributed by atoms with Gasteiger partial charge >= 0.3 is 0 Å². The first-order valence-electron chi connectivity index (χ1n) is 11.5. The molecule has 0 amide bonds. The van der Waals surface area contributed by atoms with E-state index in [1.165, 1.54) is 10.7 Å². The Bertz CT molecular complexity index is 799. The number of nitrogens with one attached hydrogen (secondary N) is 2. The van der Waals surface area contributed by atoms with Gasteiger partial charge in [-0.1, -0.05) is 18.2 Å². The maximum atomic E-state index is 4.48. The molecule has 8 heteroatoms. The Hall–Kier alpha value is -1.52. The van der Waals surface area contributed by atoms with Crippen LogP contribution in [0, 0.1) is 0 Å². The van der Waals surface area contributed by atoms with E-state index in [1.54, 1.807) is 0 Å². The Labute approximate surface area is 214 Å². The van der Waals surface area contributed by atoms with Crippen LogP contribution in [0.25, 0.3) is 0 Å². The van der Waals surface area contributed by atoms with E-state index < -0.39 is 0 Å². The molecule has 32 heavy (non-hydrogen) atoms. The van der Waals surface area contributed by atoms with E-state index in [9.17, 15) is 0 Å². The van der Waals surface area contributed by atoms with Gasteiger partial charge in [0.1, 0.15) is 0 Å². The average Bonchev–Trinajstić information content (AvgIpc) is 3.38. The lowest BCUT2D eigenvalue weighted by molar-refractivity contribution is 0.197. The monoisotopic (exact) mass is 568 g/mol. The van der Waals surface area contributed by atoms with Gasteiger partial charge < -0.3 is 20.4 Å². The standard InChI is InChI=1S/C24H36N6S.HI/c1-20(28-14-16-29(17-15-28)22-7-4-3-5-8-22)19-26-24(25-2)27-21-10-12-30(13-11-21)23-9-6-18-31-23;/h3-9,18,20-21H,10-17,19H2,1-2H3,(H2,25,26,27);1H. The third-order valence-corrected chi connectivity index (χ3v) is 7.43. The van der Waals surface area contributed by atoms with Crippen molar-refractivity contribution in [1.29, 1.82) is 0 Å². The summed E-state index contributed by atoms with van der Waals surface area (Å²) >= 11 is 1.83. The van der Waals surface area contributed by atoms with Crippen molar-refractivity contribution in [2.24, 2.45) is 4.99 Å². The Morgan fingerprint density at radius 2 is 1.72 bits per heavy atom. The van der Waals surface area contributed by atoms with Crippen LogP contribution in [0.1, 0.15) is 19.8 Å². The first-order valence-corrected chi connectivity index (χ1v) is 12.4. The van der Waals surface area contributed by atoms with Gasteiger partial charge in [0.25, 0.3) is 0 Å². The minimum absolute atomic E-state index is 0. The topological polar surface area (TPSA) is 46.1 Å². The zero-order valence-electron chi connectivity index (χ0n) is 19.2. The molecular formula is C24H37IN6S. The molecule has 176 valence electrons. The minimum atomic E-state index is 0. The summed E-state index contributed by atoms with van der Waals surface area (Å²) in [5.41, 5.74) is 1.34. The Morgan fingerprint density at radius 3 is 2.34 bits per heavy atom. The molecule has 2 N–H and O–H groups in total. The van der Waals surface area contributed by atoms with E-state index >= 15 is 0 Å². The number of hydrogen-bond acceptors (Lipinski definition) is 5. The van der Waals surface area contributed by atoms with Crippen molar-refractivity contribution < 1.29 is 0 Å². The number of guanidine groups is 1. The normalized spacial score (nSPS) is 19.4. The maximum Gasteiger partial charge on any atom is 0.191 e. The maximum absolute atomic E-state index is 4.48. The molecule has 0 radical (unpaired) electrons. The van der Waals surface area contributed by atoms with Crippen LogP contribution in [0.4, 0.5) is 10.7 Å². The second kappa shape index (κ2) is 12.6. The van der Waals surface area contributed by atoms with Crippen LogP contribution < -0.4 is 20.4 Å². The van der Waals surface area contributed by atoms with Gasteiger partial charge in [-0.2, -0.15) is 0 Å². The largest absolute Gasteiger partial charge is 0.369 e. The zero-order chi connectivity index (χ0) is 21.5. The number of para-hydroxylation sites is 1. The van der Waals surface area contributed by atoms with Gasteiger partial charge in [0, 0.05) is 70.6 Å². The zero-order valence-corrected chi connectivity index (χ0v) is 22.4. The molecular weight excluding hydrogens is 531 g/mol. The van der Waals surface area contributed by atoms with Gasteiger partial charge in [-0.15, -0.1) is 35.3 Å². The van der Waals surface area contributed by atoms with Crippen molar-refractivity contribution in [3.8, 4) is 0 Å². The lowest BCUT2D eigenvalue weighted by Gasteiger charge is -2.39. The number of piperidine rings is 1. The van der Waals surface area contributed by atoms with E-state index in [-0.39, 0.29) is 24.0 Å². The Morgan fingerprint density at radius 1 is 1.00 bits per heavy atom. The molecule has 0 saturated carbocycles. The molecule has 2 aromatic rings. The summed E-state index contributed by atoms with van der Waals surface area (Å²) < 4.78 is 0. The number of hydrogen-bond donors (Lipinski definition) is 2. The van der Waals surface area contributed by atoms with E-state index in [2.05, 4.69) is 85.1 Å². The SMILES string of the molecule is CN=C(NCC(C)N1CCN(c2ccccc2)CC1)NC1CCN(c2cccs2)CC1.I. The van der Waals surface area contributed by atoms with Gasteiger partial charge in [-0.05, 0) is 49.4 Å². The molecule has 0 aliphatic carbocycles. The molecule has 0 bridgehead atoms. The molecule has 1 aromatic carbocycles. The van der Waals surface area contributed by atoms with E-state index in [4.69, 9.17) is 0 Å². The summed E-state index contributed by atoms with van der Waals surface area (Å²) in [6, 6.07) is 16.1. The van der Waals surface area contributed by atoms with E-state index in [0.29, 0.717) is 12.1 Å². The van der Waals surface area contributed by atoms with Crippen LogP contribution in [0.2, 0.25) is 0 Å². The fraction of sp³-hybridized carbons (Fsp3) is 0.542. The van der Waals surface area contributed by atoms with Crippen molar-refractivity contribution in [3.05, 3.63) is 47.8 Å². The molecule has 1 aromatic heterocycles. The lowest BCUT2D eigenvalue weighted by atomic mass is 10.1. The van der Waals surface area contributed by atoms with Crippen molar-refractivity contribution in [3.63, 3.8) is 0 Å². The van der Waals surface area contributed by atoms with Gasteiger partial charge in [0.15, 0.2) is 5.96 Å². The number of anilines is 2. The van der Waals surface area contributed by atoms with Crippen LogP contribution >= 0.6 is 35.3 Å². The summed E-state index contributed by atoms with van der Waals surface area (Å²) in [5, 5.41) is 10.8. The van der Waals surface area contributed by atoms with Crippen molar-refractivity contribution in [1.82, 2.24) is 15.5 Å². The van der Waals surface area contributed by atoms with Crippen molar-refractivity contribution in [2.45, 2.75) is 31.8 Å². The molecule has 2 aliphatic heterocycles. The Kier molecular flexibility index (Phi) is 9.92. The minimum Gasteiger partial charge on any atom is -0.369 e. The third kappa shape index (κ3) is 6.74. The number of piperazine rings is 1. The molecule has 1 unspecified atom stereocenters. The molecule has 3 heterocycles. The predicted molar refractivity (Wildman–Crippen MR) is 149 cm³/mol. The average molecular weight is 569 g/mol. The number of halogens is 1. The molecule has 2 fully saturated rings. The highest BCUT2D eigenvalue weighted by Gasteiger charge is 2.23.